The van der Waals surface area contributed by atoms with Crippen LogP contribution in [0.1, 0.15) is 31.9 Å². The molecule has 1 aromatic carbocycles. The van der Waals surface area contributed by atoms with Crippen molar-refractivity contribution in [1.82, 2.24) is 5.32 Å². The summed E-state index contributed by atoms with van der Waals surface area (Å²) in [6.07, 6.45) is 0. The van der Waals surface area contributed by atoms with E-state index in [-0.39, 0.29) is 12.0 Å². The summed E-state index contributed by atoms with van der Waals surface area (Å²) in [4.78, 5) is 22.6. The van der Waals surface area contributed by atoms with Crippen LogP contribution >= 0.6 is 0 Å². The highest BCUT2D eigenvalue weighted by molar-refractivity contribution is 5.87. The number of benzene rings is 1. The van der Waals surface area contributed by atoms with Crippen LogP contribution in [0.5, 0.6) is 5.75 Å². The van der Waals surface area contributed by atoms with Gasteiger partial charge in [-0.25, -0.2) is 0 Å². The lowest BCUT2D eigenvalue weighted by Crippen LogP contribution is -2.48. The number of rotatable bonds is 6. The molecule has 1 unspecified atom stereocenters. The van der Waals surface area contributed by atoms with E-state index >= 15 is 0 Å². The maximum absolute atomic E-state index is 11.7. The standard InChI is InChI=1S/C16H24N2O4/c1-10-7-11(16(2,3)4)5-6-13(10)22-9-14(20)18-12(8-19)15(17)21/h5-7,12,19H,8-9H2,1-4H3,(H2,17,21)(H,18,20). The van der Waals surface area contributed by atoms with Gasteiger partial charge in [-0.3, -0.25) is 9.59 Å². The van der Waals surface area contributed by atoms with Gasteiger partial charge in [0.15, 0.2) is 6.61 Å². The second-order valence-corrected chi connectivity index (χ2v) is 6.22. The van der Waals surface area contributed by atoms with Crippen molar-refractivity contribution in [3.05, 3.63) is 29.3 Å². The van der Waals surface area contributed by atoms with Gasteiger partial charge in [-0.15, -0.1) is 0 Å². The van der Waals surface area contributed by atoms with Crippen molar-refractivity contribution in [2.75, 3.05) is 13.2 Å². The molecule has 1 rings (SSSR count). The Labute approximate surface area is 130 Å². The molecule has 6 heteroatoms. The molecule has 0 aliphatic heterocycles. The van der Waals surface area contributed by atoms with E-state index in [9.17, 15) is 9.59 Å². The summed E-state index contributed by atoms with van der Waals surface area (Å²) >= 11 is 0. The molecule has 1 aromatic rings. The molecule has 6 nitrogen and oxygen atoms in total. The fourth-order valence-corrected chi connectivity index (χ4v) is 1.86. The Morgan fingerprint density at radius 1 is 1.36 bits per heavy atom. The maximum atomic E-state index is 11.7. The minimum atomic E-state index is -1.10. The molecule has 0 spiro atoms. The van der Waals surface area contributed by atoms with Crippen molar-refractivity contribution in [3.63, 3.8) is 0 Å². The van der Waals surface area contributed by atoms with E-state index in [0.29, 0.717) is 5.75 Å². The van der Waals surface area contributed by atoms with Gasteiger partial charge < -0.3 is 20.9 Å². The summed E-state index contributed by atoms with van der Waals surface area (Å²) < 4.78 is 5.45. The van der Waals surface area contributed by atoms with E-state index in [1.54, 1.807) is 0 Å². The first-order valence-corrected chi connectivity index (χ1v) is 7.08. The summed E-state index contributed by atoms with van der Waals surface area (Å²) in [7, 11) is 0. The van der Waals surface area contributed by atoms with Crippen LogP contribution in [0.3, 0.4) is 0 Å². The van der Waals surface area contributed by atoms with Gasteiger partial charge in [-0.05, 0) is 29.5 Å². The first-order chi connectivity index (χ1) is 10.1. The molecule has 2 amide bonds. The molecule has 1 atom stereocenters. The highest BCUT2D eigenvalue weighted by Crippen LogP contribution is 2.27. The van der Waals surface area contributed by atoms with Crippen molar-refractivity contribution in [2.45, 2.75) is 39.2 Å². The Bertz CT molecular complexity index is 550. The van der Waals surface area contributed by atoms with E-state index in [2.05, 4.69) is 26.1 Å². The smallest absolute Gasteiger partial charge is 0.258 e. The number of ether oxygens (including phenoxy) is 1. The van der Waals surface area contributed by atoms with Crippen LogP contribution in [0.25, 0.3) is 0 Å². The molecule has 0 bridgehead atoms. The molecular weight excluding hydrogens is 284 g/mol. The predicted molar refractivity (Wildman–Crippen MR) is 83.6 cm³/mol. The van der Waals surface area contributed by atoms with Crippen molar-refractivity contribution >= 4 is 11.8 Å². The molecule has 122 valence electrons. The molecular formula is C16H24N2O4. The normalized spacial score (nSPS) is 12.6. The van der Waals surface area contributed by atoms with E-state index in [0.717, 1.165) is 5.56 Å². The topological polar surface area (TPSA) is 102 Å². The number of aliphatic hydroxyl groups is 1. The zero-order chi connectivity index (χ0) is 16.9. The Kier molecular flexibility index (Phi) is 5.93. The number of carbonyl (C=O) groups is 2. The fourth-order valence-electron chi connectivity index (χ4n) is 1.86. The van der Waals surface area contributed by atoms with Gasteiger partial charge in [0.25, 0.3) is 5.91 Å². The minimum Gasteiger partial charge on any atom is -0.484 e. The first-order valence-electron chi connectivity index (χ1n) is 7.08. The molecule has 0 radical (unpaired) electrons. The number of nitrogens with one attached hydrogen (secondary N) is 1. The Morgan fingerprint density at radius 2 is 2.00 bits per heavy atom. The van der Waals surface area contributed by atoms with Crippen molar-refractivity contribution in [3.8, 4) is 5.75 Å². The van der Waals surface area contributed by atoms with Gasteiger partial charge in [0.05, 0.1) is 6.61 Å². The van der Waals surface area contributed by atoms with E-state index < -0.39 is 24.5 Å². The highest BCUT2D eigenvalue weighted by Gasteiger charge is 2.18. The molecule has 0 saturated heterocycles. The first kappa shape index (κ1) is 18.0. The zero-order valence-electron chi connectivity index (χ0n) is 13.5. The van der Waals surface area contributed by atoms with Gasteiger partial charge in [0.1, 0.15) is 11.8 Å². The van der Waals surface area contributed by atoms with E-state index in [1.165, 1.54) is 5.56 Å². The molecule has 4 N–H and O–H groups in total. The molecule has 0 fully saturated rings. The lowest BCUT2D eigenvalue weighted by molar-refractivity contribution is -0.129. The predicted octanol–water partition coefficient (Wildman–Crippen LogP) is 0.634. The monoisotopic (exact) mass is 308 g/mol. The number of carbonyl (C=O) groups excluding carboxylic acids is 2. The second-order valence-electron chi connectivity index (χ2n) is 6.22. The van der Waals surface area contributed by atoms with Gasteiger partial charge >= 0.3 is 0 Å². The minimum absolute atomic E-state index is 0.0382. The van der Waals surface area contributed by atoms with Gasteiger partial charge in [0.2, 0.25) is 5.91 Å². The third-order valence-corrected chi connectivity index (χ3v) is 3.26. The van der Waals surface area contributed by atoms with Gasteiger partial charge in [-0.2, -0.15) is 0 Å². The summed E-state index contributed by atoms with van der Waals surface area (Å²) in [5.41, 5.74) is 7.17. The average molecular weight is 308 g/mol. The third-order valence-electron chi connectivity index (χ3n) is 3.26. The Hall–Kier alpha value is -2.08. The number of hydrogen-bond acceptors (Lipinski definition) is 4. The molecule has 22 heavy (non-hydrogen) atoms. The Balaban J connectivity index is 2.65. The highest BCUT2D eigenvalue weighted by atomic mass is 16.5. The molecule has 0 aromatic heterocycles. The zero-order valence-corrected chi connectivity index (χ0v) is 13.5. The SMILES string of the molecule is Cc1cc(C(C)(C)C)ccc1OCC(=O)NC(CO)C(N)=O. The van der Waals surface area contributed by atoms with Crippen molar-refractivity contribution < 1.29 is 19.4 Å². The lowest BCUT2D eigenvalue weighted by atomic mass is 9.86. The number of aliphatic hydroxyl groups excluding tert-OH is 1. The quantitative estimate of drug-likeness (QED) is 0.717. The van der Waals surface area contributed by atoms with Crippen LogP contribution in [0.2, 0.25) is 0 Å². The summed E-state index contributed by atoms with van der Waals surface area (Å²) in [5, 5.41) is 11.2. The van der Waals surface area contributed by atoms with Crippen LogP contribution in [-0.4, -0.2) is 36.2 Å². The van der Waals surface area contributed by atoms with Crippen LogP contribution in [-0.2, 0) is 15.0 Å². The van der Waals surface area contributed by atoms with Crippen LogP contribution in [0, 0.1) is 6.92 Å². The van der Waals surface area contributed by atoms with E-state index in [1.807, 2.05) is 25.1 Å². The number of amides is 2. The van der Waals surface area contributed by atoms with Gasteiger partial charge in [-0.1, -0.05) is 32.9 Å². The van der Waals surface area contributed by atoms with Gasteiger partial charge in [0, 0.05) is 0 Å². The molecule has 0 heterocycles. The number of aryl methyl sites for hydroxylation is 1. The third kappa shape index (κ3) is 5.04. The fraction of sp³-hybridized carbons (Fsp3) is 0.500. The number of hydrogen-bond donors (Lipinski definition) is 3. The van der Waals surface area contributed by atoms with Crippen LogP contribution < -0.4 is 15.8 Å². The largest absolute Gasteiger partial charge is 0.484 e. The summed E-state index contributed by atoms with van der Waals surface area (Å²) in [6.45, 7) is 7.47. The second kappa shape index (κ2) is 7.26. The maximum Gasteiger partial charge on any atom is 0.258 e. The van der Waals surface area contributed by atoms with Crippen molar-refractivity contribution in [2.24, 2.45) is 5.73 Å². The molecule has 0 aliphatic rings. The lowest BCUT2D eigenvalue weighted by Gasteiger charge is -2.20. The summed E-state index contributed by atoms with van der Waals surface area (Å²) in [5.74, 6) is -0.707. The Morgan fingerprint density at radius 3 is 2.45 bits per heavy atom. The molecule has 0 saturated carbocycles. The number of nitrogens with two attached hydrogens (primary N) is 1. The van der Waals surface area contributed by atoms with E-state index in [4.69, 9.17) is 15.6 Å². The van der Waals surface area contributed by atoms with Crippen LogP contribution in [0.4, 0.5) is 0 Å². The number of primary amides is 1. The van der Waals surface area contributed by atoms with Crippen LogP contribution in [0.15, 0.2) is 18.2 Å². The molecule has 0 aliphatic carbocycles. The summed E-state index contributed by atoms with van der Waals surface area (Å²) in [6, 6.07) is 4.70. The average Bonchev–Trinajstić information content (AvgIpc) is 2.41. The van der Waals surface area contributed by atoms with Crippen molar-refractivity contribution in [1.29, 1.82) is 0 Å².